The number of hydrogen-bond donors (Lipinski definition) is 2. The van der Waals surface area contributed by atoms with E-state index in [1.807, 2.05) is 0 Å². The molecule has 10 rings (SSSR count). The van der Waals surface area contributed by atoms with Crippen LogP contribution < -0.4 is 10.6 Å². The van der Waals surface area contributed by atoms with E-state index >= 15 is 0 Å². The van der Waals surface area contributed by atoms with Crippen LogP contribution in [0.1, 0.15) is 45.6 Å². The second-order valence-electron chi connectivity index (χ2n) is 13.5. The first kappa shape index (κ1) is 30.1. The van der Waals surface area contributed by atoms with Crippen LogP contribution in [0, 0.1) is 0 Å². The van der Waals surface area contributed by atoms with Crippen molar-refractivity contribution in [1.82, 2.24) is 5.32 Å². The third-order valence-corrected chi connectivity index (χ3v) is 10.3. The van der Waals surface area contributed by atoms with Crippen molar-refractivity contribution in [2.75, 3.05) is 5.32 Å². The molecule has 2 heterocycles. The third-order valence-electron chi connectivity index (χ3n) is 10.3. The molecule has 2 aliphatic heterocycles. The van der Waals surface area contributed by atoms with Gasteiger partial charge in [0.05, 0.1) is 6.04 Å². The molecule has 0 fully saturated rings. The van der Waals surface area contributed by atoms with Crippen molar-refractivity contribution >= 4 is 55.2 Å². The maximum atomic E-state index is 5.21. The minimum absolute atomic E-state index is 0.0706. The molecule has 2 atom stereocenters. The fraction of sp³-hybridized carbons (Fsp3) is 0.0417. The second kappa shape index (κ2) is 12.5. The van der Waals surface area contributed by atoms with Gasteiger partial charge in [0, 0.05) is 22.4 Å². The lowest BCUT2D eigenvalue weighted by Crippen LogP contribution is -2.33. The number of hydrogen-bond acceptors (Lipinski definition) is 4. The van der Waals surface area contributed by atoms with Gasteiger partial charge in [-0.25, -0.2) is 9.98 Å². The summed E-state index contributed by atoms with van der Waals surface area (Å²) in [5, 5.41) is 14.7. The normalized spacial score (nSPS) is 16.7. The first-order valence-corrected chi connectivity index (χ1v) is 17.8. The van der Waals surface area contributed by atoms with E-state index in [1.54, 1.807) is 0 Å². The number of anilines is 1. The second-order valence-corrected chi connectivity index (χ2v) is 13.5. The minimum atomic E-state index is -0.301. The molecular formula is C48H34N4. The Morgan fingerprint density at radius 1 is 0.442 bits per heavy atom. The van der Waals surface area contributed by atoms with E-state index in [0.29, 0.717) is 5.84 Å². The van der Waals surface area contributed by atoms with Gasteiger partial charge in [0.25, 0.3) is 0 Å². The maximum Gasteiger partial charge on any atom is 0.159 e. The minimum Gasteiger partial charge on any atom is -0.374 e. The van der Waals surface area contributed by atoms with Gasteiger partial charge in [-0.15, -0.1) is 0 Å². The van der Waals surface area contributed by atoms with Crippen LogP contribution in [0.15, 0.2) is 192 Å². The SMILES string of the molecule is C1=C(c2ccccc2)c2c(ccc3cc(C4=NC(c5ccc6ccccc6c5)=NC(c5ccc6ccccc6c5)N4)ccc23)NC1c1ccccc1. The van der Waals surface area contributed by atoms with E-state index in [9.17, 15) is 0 Å². The Balaban J connectivity index is 1.09. The highest BCUT2D eigenvalue weighted by atomic mass is 15.2. The largest absolute Gasteiger partial charge is 0.374 e. The zero-order valence-electron chi connectivity index (χ0n) is 28.4. The third kappa shape index (κ3) is 5.42. The summed E-state index contributed by atoms with van der Waals surface area (Å²) in [6.07, 6.45) is 2.07. The van der Waals surface area contributed by atoms with Crippen molar-refractivity contribution in [2.24, 2.45) is 9.98 Å². The Hall–Kier alpha value is -6.78. The average molecular weight is 667 g/mol. The van der Waals surface area contributed by atoms with E-state index in [0.717, 1.165) is 33.6 Å². The van der Waals surface area contributed by atoms with Crippen LogP contribution in [0.5, 0.6) is 0 Å². The lowest BCUT2D eigenvalue weighted by molar-refractivity contribution is 0.675. The monoisotopic (exact) mass is 666 g/mol. The highest BCUT2D eigenvalue weighted by Gasteiger charge is 2.25. The molecule has 2 N–H and O–H groups in total. The van der Waals surface area contributed by atoms with Gasteiger partial charge in [-0.05, 0) is 84.9 Å². The molecule has 52 heavy (non-hydrogen) atoms. The average Bonchev–Trinajstić information content (AvgIpc) is 3.23. The Labute approximate surface area is 302 Å². The zero-order chi connectivity index (χ0) is 34.4. The van der Waals surface area contributed by atoms with Gasteiger partial charge in [0.15, 0.2) is 5.84 Å². The number of aliphatic imine (C=N–C) groups is 2. The molecule has 2 aliphatic rings. The lowest BCUT2D eigenvalue weighted by Gasteiger charge is -2.29. The van der Waals surface area contributed by atoms with Gasteiger partial charge in [0.2, 0.25) is 0 Å². The van der Waals surface area contributed by atoms with Crippen LogP contribution >= 0.6 is 0 Å². The van der Waals surface area contributed by atoms with E-state index in [4.69, 9.17) is 9.98 Å². The molecule has 4 nitrogen and oxygen atoms in total. The molecule has 0 saturated carbocycles. The number of nitrogens with zero attached hydrogens (tertiary/aromatic N) is 2. The molecule has 0 radical (unpaired) electrons. The molecule has 246 valence electrons. The zero-order valence-corrected chi connectivity index (χ0v) is 28.4. The molecule has 8 aromatic rings. The van der Waals surface area contributed by atoms with Crippen LogP contribution in [-0.4, -0.2) is 11.7 Å². The Kier molecular flexibility index (Phi) is 7.24. The fourth-order valence-corrected chi connectivity index (χ4v) is 7.65. The molecule has 0 aliphatic carbocycles. The summed E-state index contributed by atoms with van der Waals surface area (Å²) in [5.74, 6) is 1.52. The van der Waals surface area contributed by atoms with Crippen LogP contribution in [0.4, 0.5) is 5.69 Å². The fourth-order valence-electron chi connectivity index (χ4n) is 7.65. The summed E-state index contributed by atoms with van der Waals surface area (Å²) in [6.45, 7) is 0. The first-order chi connectivity index (χ1) is 25.7. The summed E-state index contributed by atoms with van der Waals surface area (Å²) >= 11 is 0. The molecule has 4 heteroatoms. The van der Waals surface area contributed by atoms with Gasteiger partial charge in [-0.2, -0.15) is 0 Å². The lowest BCUT2D eigenvalue weighted by atomic mass is 9.86. The smallest absolute Gasteiger partial charge is 0.159 e. The molecule has 0 aromatic heterocycles. The Bertz CT molecular complexity index is 2740. The molecule has 2 unspecified atom stereocenters. The highest BCUT2D eigenvalue weighted by molar-refractivity contribution is 6.15. The van der Waals surface area contributed by atoms with Gasteiger partial charge in [-0.3, -0.25) is 0 Å². The number of benzene rings is 8. The predicted molar refractivity (Wildman–Crippen MR) is 217 cm³/mol. The summed E-state index contributed by atoms with van der Waals surface area (Å²) in [5.41, 5.74) is 9.13. The summed E-state index contributed by atoms with van der Waals surface area (Å²) < 4.78 is 0. The van der Waals surface area contributed by atoms with Gasteiger partial charge in [0.1, 0.15) is 12.0 Å². The standard InChI is InChI=1S/C48H34N4/c1-3-13-33(14-4-1)42-30-44(34-15-5-2-6-16-34)49-43-26-24-37-29-40(23-25-41(37)45(42)43)48-51-46(38-21-19-31-11-7-9-17-35(31)27-38)50-47(52-48)39-22-20-32-12-8-10-18-36(32)28-39/h1-30,44,46,49H,(H,50,51,52). The van der Waals surface area contributed by atoms with Crippen LogP contribution in [-0.2, 0) is 0 Å². The van der Waals surface area contributed by atoms with Crippen molar-refractivity contribution in [3.8, 4) is 0 Å². The van der Waals surface area contributed by atoms with E-state index in [-0.39, 0.29) is 12.2 Å². The molecule has 8 aromatic carbocycles. The quantitative estimate of drug-likeness (QED) is 0.192. The highest BCUT2D eigenvalue weighted by Crippen LogP contribution is 2.43. The van der Waals surface area contributed by atoms with Gasteiger partial charge < -0.3 is 10.6 Å². The van der Waals surface area contributed by atoms with Gasteiger partial charge in [-0.1, -0.05) is 152 Å². The maximum absolute atomic E-state index is 5.21. The van der Waals surface area contributed by atoms with E-state index in [1.165, 1.54) is 49.2 Å². The summed E-state index contributed by atoms with van der Waals surface area (Å²) in [7, 11) is 0. The number of nitrogens with one attached hydrogen (secondary N) is 2. The summed E-state index contributed by atoms with van der Waals surface area (Å²) in [4.78, 5) is 10.4. The molecular weight excluding hydrogens is 633 g/mol. The van der Waals surface area contributed by atoms with Crippen molar-refractivity contribution in [1.29, 1.82) is 0 Å². The first-order valence-electron chi connectivity index (χ1n) is 17.8. The topological polar surface area (TPSA) is 48.8 Å². The summed E-state index contributed by atoms with van der Waals surface area (Å²) in [6, 6.07) is 62.6. The Morgan fingerprint density at radius 2 is 1.08 bits per heavy atom. The molecule has 0 amide bonds. The van der Waals surface area contributed by atoms with Gasteiger partial charge >= 0.3 is 0 Å². The van der Waals surface area contributed by atoms with Crippen LogP contribution in [0.2, 0.25) is 0 Å². The van der Waals surface area contributed by atoms with E-state index < -0.39 is 0 Å². The van der Waals surface area contributed by atoms with Crippen molar-refractivity contribution in [2.45, 2.75) is 12.2 Å². The van der Waals surface area contributed by atoms with Crippen molar-refractivity contribution in [3.05, 3.63) is 215 Å². The number of fused-ring (bicyclic) bond motifs is 5. The predicted octanol–water partition coefficient (Wildman–Crippen LogP) is 11.2. The molecule has 0 bridgehead atoms. The molecule has 0 saturated heterocycles. The van der Waals surface area contributed by atoms with Crippen molar-refractivity contribution in [3.63, 3.8) is 0 Å². The number of rotatable bonds is 5. The van der Waals surface area contributed by atoms with Crippen LogP contribution in [0.3, 0.4) is 0 Å². The van der Waals surface area contributed by atoms with Crippen molar-refractivity contribution < 1.29 is 0 Å². The number of amidine groups is 2. The molecule has 0 spiro atoms. The van der Waals surface area contributed by atoms with E-state index in [2.05, 4.69) is 193 Å². The Morgan fingerprint density at radius 3 is 1.87 bits per heavy atom. The van der Waals surface area contributed by atoms with Crippen LogP contribution in [0.25, 0.3) is 37.9 Å².